The first-order valence-corrected chi connectivity index (χ1v) is 10.9. The monoisotopic (exact) mass is 406 g/mol. The summed E-state index contributed by atoms with van der Waals surface area (Å²) >= 11 is 0. The third-order valence-electron chi connectivity index (χ3n) is 5.52. The third-order valence-corrected chi connectivity index (χ3v) is 7.40. The molecule has 0 bridgehead atoms. The lowest BCUT2D eigenvalue weighted by atomic mass is 9.99. The van der Waals surface area contributed by atoms with Crippen LogP contribution in [0.15, 0.2) is 29.2 Å². The van der Waals surface area contributed by atoms with Gasteiger partial charge in [0.1, 0.15) is 11.6 Å². The average Bonchev–Trinajstić information content (AvgIpc) is 3.24. The quantitative estimate of drug-likeness (QED) is 0.843. The van der Waals surface area contributed by atoms with Gasteiger partial charge in [-0.05, 0) is 56.4 Å². The second-order valence-corrected chi connectivity index (χ2v) is 9.33. The molecule has 1 amide bonds. The van der Waals surface area contributed by atoms with Crippen LogP contribution in [0.3, 0.4) is 0 Å². The molecule has 0 saturated carbocycles. The first kappa shape index (κ1) is 19.1. The maximum atomic E-state index is 13.1. The van der Waals surface area contributed by atoms with Crippen LogP contribution >= 0.6 is 0 Å². The van der Waals surface area contributed by atoms with Crippen molar-refractivity contribution in [1.29, 1.82) is 0 Å². The number of nitrogens with one attached hydrogen (secondary N) is 1. The van der Waals surface area contributed by atoms with Crippen LogP contribution in [0.4, 0.5) is 10.2 Å². The molecule has 1 aromatic carbocycles. The van der Waals surface area contributed by atoms with E-state index in [1.807, 2.05) is 0 Å². The SMILES string of the molecule is Cn1nc2c(c1NC(=O)C1CCCN(S(=O)(=O)c3ccc(F)cc3)C1)CCC2. The van der Waals surface area contributed by atoms with Crippen molar-refractivity contribution in [1.82, 2.24) is 14.1 Å². The minimum Gasteiger partial charge on any atom is -0.310 e. The van der Waals surface area contributed by atoms with Crippen LogP contribution in [0.5, 0.6) is 0 Å². The van der Waals surface area contributed by atoms with Gasteiger partial charge in [-0.15, -0.1) is 0 Å². The number of halogens is 1. The number of anilines is 1. The van der Waals surface area contributed by atoms with Gasteiger partial charge >= 0.3 is 0 Å². The number of hydrogen-bond donors (Lipinski definition) is 1. The summed E-state index contributed by atoms with van der Waals surface area (Å²) in [6, 6.07) is 4.77. The first-order valence-electron chi connectivity index (χ1n) is 9.47. The molecule has 2 aromatic rings. The predicted octanol–water partition coefficient (Wildman–Crippen LogP) is 2.09. The van der Waals surface area contributed by atoms with Crippen LogP contribution in [-0.2, 0) is 34.7 Å². The van der Waals surface area contributed by atoms with Crippen LogP contribution in [-0.4, -0.2) is 41.5 Å². The van der Waals surface area contributed by atoms with Crippen molar-refractivity contribution in [3.8, 4) is 0 Å². The van der Waals surface area contributed by atoms with Crippen molar-refractivity contribution in [2.75, 3.05) is 18.4 Å². The van der Waals surface area contributed by atoms with E-state index < -0.39 is 21.8 Å². The Balaban J connectivity index is 1.49. The van der Waals surface area contributed by atoms with Crippen LogP contribution < -0.4 is 5.32 Å². The maximum absolute atomic E-state index is 13.1. The fourth-order valence-corrected chi connectivity index (χ4v) is 5.55. The Hall–Kier alpha value is -2.26. The number of carbonyl (C=O) groups is 1. The van der Waals surface area contributed by atoms with E-state index in [4.69, 9.17) is 0 Å². The van der Waals surface area contributed by atoms with Crippen molar-refractivity contribution in [2.24, 2.45) is 13.0 Å². The third kappa shape index (κ3) is 3.44. The van der Waals surface area contributed by atoms with E-state index in [0.29, 0.717) is 19.4 Å². The number of aryl methyl sites for hydroxylation is 2. The Kier molecular flexibility index (Phi) is 4.96. The summed E-state index contributed by atoms with van der Waals surface area (Å²) in [5, 5.41) is 7.43. The molecule has 0 radical (unpaired) electrons. The van der Waals surface area contributed by atoms with Crippen LogP contribution in [0.2, 0.25) is 0 Å². The van der Waals surface area contributed by atoms with Crippen molar-refractivity contribution >= 4 is 21.7 Å². The predicted molar refractivity (Wildman–Crippen MR) is 102 cm³/mol. The van der Waals surface area contributed by atoms with Crippen LogP contribution in [0.1, 0.15) is 30.5 Å². The van der Waals surface area contributed by atoms with Gasteiger partial charge in [-0.25, -0.2) is 12.8 Å². The summed E-state index contributed by atoms with van der Waals surface area (Å²) in [6.07, 6.45) is 4.08. The largest absolute Gasteiger partial charge is 0.310 e. The molecule has 4 rings (SSSR count). The molecule has 7 nitrogen and oxygen atoms in total. The van der Waals surface area contributed by atoms with E-state index >= 15 is 0 Å². The lowest BCUT2D eigenvalue weighted by molar-refractivity contribution is -0.120. The highest BCUT2D eigenvalue weighted by molar-refractivity contribution is 7.89. The summed E-state index contributed by atoms with van der Waals surface area (Å²) in [6.45, 7) is 0.468. The van der Waals surface area contributed by atoms with E-state index in [1.165, 1.54) is 16.4 Å². The van der Waals surface area contributed by atoms with Crippen molar-refractivity contribution in [3.63, 3.8) is 0 Å². The number of carbonyl (C=O) groups excluding carboxylic acids is 1. The normalized spacial score (nSPS) is 20.1. The van der Waals surface area contributed by atoms with Crippen molar-refractivity contribution in [2.45, 2.75) is 37.0 Å². The standard InChI is InChI=1S/C19H23FN4O3S/c1-23-18(16-5-2-6-17(16)22-23)21-19(25)13-4-3-11-24(12-13)28(26,27)15-9-7-14(20)8-10-15/h7-10,13H,2-6,11-12H2,1H3,(H,21,25). The Labute approximate surface area is 163 Å². The molecule has 28 heavy (non-hydrogen) atoms. The molecule has 2 heterocycles. The van der Waals surface area contributed by atoms with E-state index in [9.17, 15) is 17.6 Å². The first-order chi connectivity index (χ1) is 13.4. The smallest absolute Gasteiger partial charge is 0.243 e. The summed E-state index contributed by atoms with van der Waals surface area (Å²) in [5.41, 5.74) is 2.12. The number of amides is 1. The zero-order valence-corrected chi connectivity index (χ0v) is 16.5. The van der Waals surface area contributed by atoms with Gasteiger partial charge in [-0.1, -0.05) is 0 Å². The molecule has 1 saturated heterocycles. The summed E-state index contributed by atoms with van der Waals surface area (Å²) in [4.78, 5) is 12.9. The van der Waals surface area contributed by atoms with E-state index in [0.717, 1.165) is 48.5 Å². The Morgan fingerprint density at radius 3 is 2.71 bits per heavy atom. The van der Waals surface area contributed by atoms with Gasteiger partial charge in [0.25, 0.3) is 0 Å². The molecule has 1 aromatic heterocycles. The zero-order chi connectivity index (χ0) is 19.9. The number of sulfonamides is 1. The van der Waals surface area contributed by atoms with Crippen molar-refractivity contribution in [3.05, 3.63) is 41.3 Å². The molecule has 1 N–H and O–H groups in total. The summed E-state index contributed by atoms with van der Waals surface area (Å²) < 4.78 is 41.8. The van der Waals surface area contributed by atoms with Gasteiger partial charge in [-0.3, -0.25) is 9.48 Å². The molecule has 150 valence electrons. The molecule has 1 aliphatic carbocycles. The lowest BCUT2D eigenvalue weighted by Gasteiger charge is -2.31. The number of piperidine rings is 1. The minimum absolute atomic E-state index is 0.0411. The fourth-order valence-electron chi connectivity index (χ4n) is 4.03. The topological polar surface area (TPSA) is 84.3 Å². The summed E-state index contributed by atoms with van der Waals surface area (Å²) in [7, 11) is -1.95. The molecule has 9 heteroatoms. The number of benzene rings is 1. The highest BCUT2D eigenvalue weighted by atomic mass is 32.2. The fraction of sp³-hybridized carbons (Fsp3) is 0.474. The maximum Gasteiger partial charge on any atom is 0.243 e. The van der Waals surface area contributed by atoms with Gasteiger partial charge in [0.2, 0.25) is 15.9 Å². The number of hydrogen-bond acceptors (Lipinski definition) is 4. The second-order valence-electron chi connectivity index (χ2n) is 7.40. The molecule has 1 unspecified atom stereocenters. The molecule has 0 spiro atoms. The molecule has 1 fully saturated rings. The molecule has 1 atom stereocenters. The van der Waals surface area contributed by atoms with Crippen LogP contribution in [0.25, 0.3) is 0 Å². The van der Waals surface area contributed by atoms with E-state index in [-0.39, 0.29) is 17.3 Å². The summed E-state index contributed by atoms with van der Waals surface area (Å²) in [5.74, 6) is -0.387. The zero-order valence-electron chi connectivity index (χ0n) is 15.7. The number of rotatable bonds is 4. The highest BCUT2D eigenvalue weighted by Gasteiger charge is 2.34. The average molecular weight is 406 g/mol. The van der Waals surface area contributed by atoms with E-state index in [1.54, 1.807) is 11.7 Å². The number of fused-ring (bicyclic) bond motifs is 1. The van der Waals surface area contributed by atoms with E-state index in [2.05, 4.69) is 10.4 Å². The minimum atomic E-state index is -3.76. The van der Waals surface area contributed by atoms with Gasteiger partial charge in [0, 0.05) is 25.7 Å². The molecule has 2 aliphatic rings. The Bertz CT molecular complexity index is 1000. The van der Waals surface area contributed by atoms with Gasteiger partial charge in [-0.2, -0.15) is 9.40 Å². The molecular formula is C19H23FN4O3S. The second kappa shape index (κ2) is 7.29. The highest BCUT2D eigenvalue weighted by Crippen LogP contribution is 2.30. The van der Waals surface area contributed by atoms with Crippen LogP contribution in [0, 0.1) is 11.7 Å². The number of aromatic nitrogens is 2. The van der Waals surface area contributed by atoms with Gasteiger partial charge in [0.15, 0.2) is 0 Å². The molecular weight excluding hydrogens is 383 g/mol. The van der Waals surface area contributed by atoms with Crippen molar-refractivity contribution < 1.29 is 17.6 Å². The lowest BCUT2D eigenvalue weighted by Crippen LogP contribution is -2.43. The number of nitrogens with zero attached hydrogens (tertiary/aromatic N) is 3. The van der Waals surface area contributed by atoms with Gasteiger partial charge < -0.3 is 5.32 Å². The van der Waals surface area contributed by atoms with Gasteiger partial charge in [0.05, 0.1) is 16.5 Å². The molecule has 1 aliphatic heterocycles. The Morgan fingerprint density at radius 1 is 1.21 bits per heavy atom. The Morgan fingerprint density at radius 2 is 1.96 bits per heavy atom.